The zero-order chi connectivity index (χ0) is 23.8. The minimum atomic E-state index is -5.61. The fraction of sp³-hybridized carbons (Fsp3) is 0.200. The number of fused-ring (bicyclic) bond motifs is 1. The number of para-hydroxylation sites is 1. The van der Waals surface area contributed by atoms with Gasteiger partial charge in [-0.2, -0.15) is 26.3 Å². The highest BCUT2D eigenvalue weighted by Crippen LogP contribution is 2.66. The van der Waals surface area contributed by atoms with Crippen LogP contribution >= 0.6 is 11.3 Å². The Hall–Kier alpha value is -3.00. The van der Waals surface area contributed by atoms with Crippen LogP contribution in [0.3, 0.4) is 0 Å². The first-order valence-electron chi connectivity index (χ1n) is 10.0. The van der Waals surface area contributed by atoms with Gasteiger partial charge in [-0.15, -0.1) is 11.3 Å². The topological polar surface area (TPSA) is 13.1 Å². The quantitative estimate of drug-likeness (QED) is 0.269. The van der Waals surface area contributed by atoms with Crippen molar-refractivity contribution in [2.75, 3.05) is 0 Å². The molecule has 0 atom stereocenters. The molecule has 0 aliphatic heterocycles. The van der Waals surface area contributed by atoms with E-state index in [0.29, 0.717) is 10.4 Å². The van der Waals surface area contributed by atoms with E-state index in [1.807, 2.05) is 0 Å². The Labute approximate surface area is 189 Å². The molecule has 0 saturated carbocycles. The Bertz CT molecular complexity index is 1410. The van der Waals surface area contributed by atoms with Crippen LogP contribution in [0, 0.1) is 13.8 Å². The molecule has 2 heterocycles. The minimum Gasteiger partial charge on any atom is -0.461 e. The fourth-order valence-corrected chi connectivity index (χ4v) is 5.40. The fourth-order valence-electron chi connectivity index (χ4n) is 4.36. The lowest BCUT2D eigenvalue weighted by atomic mass is 9.93. The Morgan fingerprint density at radius 3 is 2.06 bits per heavy atom. The van der Waals surface area contributed by atoms with Crippen LogP contribution < -0.4 is 0 Å². The molecule has 170 valence electrons. The number of halogens is 6. The molecule has 4 aromatic rings. The first-order valence-corrected chi connectivity index (χ1v) is 10.8. The van der Waals surface area contributed by atoms with E-state index in [2.05, 4.69) is 0 Å². The summed E-state index contributed by atoms with van der Waals surface area (Å²) in [5.41, 5.74) is -2.67. The van der Waals surface area contributed by atoms with Gasteiger partial charge in [0.15, 0.2) is 0 Å². The minimum absolute atomic E-state index is 0.0758. The number of hydrogen-bond acceptors (Lipinski definition) is 2. The van der Waals surface area contributed by atoms with Gasteiger partial charge in [0, 0.05) is 31.9 Å². The smallest absolute Gasteiger partial charge is 0.380 e. The largest absolute Gasteiger partial charge is 0.461 e. The van der Waals surface area contributed by atoms with Crippen molar-refractivity contribution in [3.63, 3.8) is 0 Å². The van der Waals surface area contributed by atoms with E-state index in [4.69, 9.17) is 4.42 Å². The number of benzene rings is 2. The summed E-state index contributed by atoms with van der Waals surface area (Å²) in [6.45, 7) is 2.77. The van der Waals surface area contributed by atoms with Crippen LogP contribution in [-0.4, -0.2) is 17.8 Å². The van der Waals surface area contributed by atoms with Crippen molar-refractivity contribution >= 4 is 33.5 Å². The molecule has 33 heavy (non-hydrogen) atoms. The third kappa shape index (κ3) is 2.86. The molecule has 0 radical (unpaired) electrons. The number of alkyl halides is 6. The Morgan fingerprint density at radius 2 is 1.36 bits per heavy atom. The maximum absolute atomic E-state index is 15.2. The number of allylic oxidation sites excluding steroid dienone is 2. The van der Waals surface area contributed by atoms with Crippen LogP contribution in [-0.2, 0) is 0 Å². The summed E-state index contributed by atoms with van der Waals surface area (Å²) in [7, 11) is 0. The number of furan rings is 1. The molecule has 2 aromatic heterocycles. The molecule has 0 spiro atoms. The molecular weight excluding hydrogens is 462 g/mol. The summed E-state index contributed by atoms with van der Waals surface area (Å²) in [6, 6.07) is 15.9. The van der Waals surface area contributed by atoms with E-state index in [9.17, 15) is 8.78 Å². The molecule has 1 aliphatic rings. The van der Waals surface area contributed by atoms with Crippen LogP contribution in [0.15, 0.2) is 65.1 Å². The van der Waals surface area contributed by atoms with Gasteiger partial charge in [-0.1, -0.05) is 48.5 Å². The molecular formula is C25H16F6OS. The average Bonchev–Trinajstić information content (AvgIpc) is 3.33. The molecule has 2 aromatic carbocycles. The second-order valence-electron chi connectivity index (χ2n) is 7.95. The molecule has 1 nitrogen and oxygen atoms in total. The number of hydrogen-bond donors (Lipinski definition) is 0. The van der Waals surface area contributed by atoms with Gasteiger partial charge in [-0.25, -0.2) is 0 Å². The van der Waals surface area contributed by atoms with E-state index in [0.717, 1.165) is 11.3 Å². The monoisotopic (exact) mass is 478 g/mol. The highest BCUT2D eigenvalue weighted by atomic mass is 32.1. The normalized spacial score (nSPS) is 18.9. The molecule has 0 N–H and O–H groups in total. The van der Waals surface area contributed by atoms with Crippen molar-refractivity contribution < 1.29 is 30.8 Å². The van der Waals surface area contributed by atoms with E-state index in [1.165, 1.54) is 38.1 Å². The first-order chi connectivity index (χ1) is 15.5. The molecule has 0 saturated heterocycles. The predicted molar refractivity (Wildman–Crippen MR) is 117 cm³/mol. The van der Waals surface area contributed by atoms with Crippen LogP contribution in [0.1, 0.15) is 21.8 Å². The molecule has 0 fully saturated rings. The van der Waals surface area contributed by atoms with Gasteiger partial charge in [0.05, 0.1) is 0 Å². The summed E-state index contributed by atoms with van der Waals surface area (Å²) >= 11 is 1.08. The number of rotatable bonds is 3. The maximum Gasteiger partial charge on any atom is 0.380 e. The Kier molecular flexibility index (Phi) is 4.63. The lowest BCUT2D eigenvalue weighted by Gasteiger charge is -2.25. The van der Waals surface area contributed by atoms with Crippen molar-refractivity contribution in [2.45, 2.75) is 31.6 Å². The van der Waals surface area contributed by atoms with Crippen molar-refractivity contribution in [3.8, 4) is 10.4 Å². The summed E-state index contributed by atoms with van der Waals surface area (Å²) in [5, 5.41) is 0.0758. The van der Waals surface area contributed by atoms with Crippen LogP contribution in [0.2, 0.25) is 0 Å². The highest BCUT2D eigenvalue weighted by Gasteiger charge is 2.80. The van der Waals surface area contributed by atoms with E-state index in [1.54, 1.807) is 36.4 Å². The van der Waals surface area contributed by atoms with Gasteiger partial charge in [-0.05, 0) is 37.1 Å². The lowest BCUT2D eigenvalue weighted by molar-refractivity contribution is -0.254. The second-order valence-corrected chi connectivity index (χ2v) is 9.21. The summed E-state index contributed by atoms with van der Waals surface area (Å²) in [5.74, 6) is -16.0. The Balaban J connectivity index is 1.88. The van der Waals surface area contributed by atoms with Crippen molar-refractivity contribution in [2.24, 2.45) is 0 Å². The van der Waals surface area contributed by atoms with E-state index < -0.39 is 34.5 Å². The van der Waals surface area contributed by atoms with Crippen LogP contribution in [0.4, 0.5) is 26.3 Å². The van der Waals surface area contributed by atoms with E-state index in [-0.39, 0.29) is 27.2 Å². The molecule has 0 amide bonds. The number of thiophene rings is 1. The third-order valence-corrected chi connectivity index (χ3v) is 7.03. The van der Waals surface area contributed by atoms with E-state index >= 15 is 17.6 Å². The molecule has 5 rings (SSSR count). The van der Waals surface area contributed by atoms with Gasteiger partial charge in [-0.3, -0.25) is 0 Å². The number of aryl methyl sites for hydroxylation is 2. The van der Waals surface area contributed by atoms with Gasteiger partial charge in [0.25, 0.3) is 0 Å². The molecule has 1 aliphatic carbocycles. The SMILES string of the molecule is Cc1oc2ccccc2c1C1=C(c2cc(-c3ccccc3)sc2C)C(F)(F)C(F)(F)C1(F)F. The van der Waals surface area contributed by atoms with Gasteiger partial charge >= 0.3 is 17.8 Å². The lowest BCUT2D eigenvalue weighted by Crippen LogP contribution is -2.48. The zero-order valence-electron chi connectivity index (χ0n) is 17.4. The predicted octanol–water partition coefficient (Wildman–Crippen LogP) is 8.61. The van der Waals surface area contributed by atoms with Gasteiger partial charge < -0.3 is 4.42 Å². The van der Waals surface area contributed by atoms with Crippen molar-refractivity contribution in [1.29, 1.82) is 0 Å². The van der Waals surface area contributed by atoms with Crippen molar-refractivity contribution in [3.05, 3.63) is 82.4 Å². The molecule has 0 unspecified atom stereocenters. The summed E-state index contributed by atoms with van der Waals surface area (Å²) in [4.78, 5) is 0.748. The van der Waals surface area contributed by atoms with Crippen molar-refractivity contribution in [1.82, 2.24) is 0 Å². The Morgan fingerprint density at radius 1 is 0.758 bits per heavy atom. The molecule has 8 heteroatoms. The highest BCUT2D eigenvalue weighted by molar-refractivity contribution is 7.15. The maximum atomic E-state index is 15.2. The van der Waals surface area contributed by atoms with Gasteiger partial charge in [0.1, 0.15) is 11.3 Å². The third-order valence-electron chi connectivity index (χ3n) is 5.93. The summed E-state index contributed by atoms with van der Waals surface area (Å²) in [6.07, 6.45) is 0. The first kappa shape index (κ1) is 21.8. The van der Waals surface area contributed by atoms with Crippen LogP contribution in [0.25, 0.3) is 32.6 Å². The average molecular weight is 478 g/mol. The second kappa shape index (κ2) is 7.00. The molecule has 0 bridgehead atoms. The zero-order valence-corrected chi connectivity index (χ0v) is 18.2. The van der Waals surface area contributed by atoms with Crippen LogP contribution in [0.5, 0.6) is 0 Å². The standard InChI is InChI=1S/C25H16F6OS/c1-13-20(16-10-6-7-11-18(16)32-13)22-21(23(26,27)25(30,31)24(22,28)29)17-12-19(33-14(17)2)15-8-4-3-5-9-15/h3-12H,1-2H3. The van der Waals surface area contributed by atoms with Gasteiger partial charge in [0.2, 0.25) is 0 Å². The summed E-state index contributed by atoms with van der Waals surface area (Å²) < 4.78 is 95.8.